The summed E-state index contributed by atoms with van der Waals surface area (Å²) in [5.41, 5.74) is 4.62. The number of methoxy groups -OCH3 is 1. The van der Waals surface area contributed by atoms with E-state index in [2.05, 4.69) is 44.8 Å². The molecule has 1 atom stereocenters. The molecule has 0 aliphatic rings. The molecule has 0 saturated carbocycles. The van der Waals surface area contributed by atoms with Crippen LogP contribution in [0.5, 0.6) is 5.88 Å². The first-order valence-electron chi connectivity index (χ1n) is 7.48. The summed E-state index contributed by atoms with van der Waals surface area (Å²) in [6, 6.07) is 10.2. The van der Waals surface area contributed by atoms with Gasteiger partial charge in [-0.2, -0.15) is 0 Å². The number of aryl methyl sites for hydroxylation is 1. The highest BCUT2D eigenvalue weighted by molar-refractivity contribution is 5.25. The number of ether oxygens (including phenoxy) is 1. The molecule has 2 aromatic rings. The Morgan fingerprint density at radius 2 is 1.81 bits per heavy atom. The van der Waals surface area contributed by atoms with Crippen molar-refractivity contribution in [2.75, 3.05) is 7.11 Å². The van der Waals surface area contributed by atoms with Gasteiger partial charge in [0.15, 0.2) is 0 Å². The molecular formula is C18H24N2O. The molecule has 0 aliphatic carbocycles. The fourth-order valence-corrected chi connectivity index (χ4v) is 2.41. The highest BCUT2D eigenvalue weighted by Crippen LogP contribution is 2.22. The molecule has 0 aromatic carbocycles. The van der Waals surface area contributed by atoms with Crippen LogP contribution in [0.4, 0.5) is 0 Å². The number of aromatic nitrogens is 2. The van der Waals surface area contributed by atoms with Crippen LogP contribution in [0.3, 0.4) is 0 Å². The number of nitrogens with zero attached hydrogens (tertiary/aromatic N) is 2. The Labute approximate surface area is 127 Å². The molecule has 21 heavy (non-hydrogen) atoms. The van der Waals surface area contributed by atoms with Gasteiger partial charge in [0, 0.05) is 29.1 Å². The normalized spacial score (nSPS) is 12.5. The minimum absolute atomic E-state index is 0.314. The lowest BCUT2D eigenvalue weighted by Gasteiger charge is -2.14. The molecule has 0 amide bonds. The molecule has 0 saturated heterocycles. The standard InChI is InChI=1S/C18H24N2O/c1-12(2)17-10-13(3)9-15(19-17)11-14(4)16-7-6-8-18(20-16)21-5/h6-10,12,14H,11H2,1-5H3. The van der Waals surface area contributed by atoms with Gasteiger partial charge in [-0.15, -0.1) is 0 Å². The largest absolute Gasteiger partial charge is 0.481 e. The molecule has 0 radical (unpaired) electrons. The molecule has 2 heterocycles. The molecule has 0 bridgehead atoms. The Bertz CT molecular complexity index is 608. The Hall–Kier alpha value is -1.90. The minimum Gasteiger partial charge on any atom is -0.481 e. The number of hydrogen-bond acceptors (Lipinski definition) is 3. The van der Waals surface area contributed by atoms with Crippen LogP contribution in [0.25, 0.3) is 0 Å². The van der Waals surface area contributed by atoms with Crippen molar-refractivity contribution in [2.45, 2.75) is 46.0 Å². The van der Waals surface area contributed by atoms with E-state index in [1.165, 1.54) is 5.56 Å². The summed E-state index contributed by atoms with van der Waals surface area (Å²) in [6.45, 7) is 8.67. The monoisotopic (exact) mass is 284 g/mol. The maximum atomic E-state index is 5.20. The molecule has 0 aliphatic heterocycles. The first-order chi connectivity index (χ1) is 9.99. The van der Waals surface area contributed by atoms with Crippen LogP contribution in [-0.2, 0) is 6.42 Å². The van der Waals surface area contributed by atoms with Gasteiger partial charge < -0.3 is 4.74 Å². The van der Waals surface area contributed by atoms with Gasteiger partial charge in [0.25, 0.3) is 0 Å². The van der Waals surface area contributed by atoms with Gasteiger partial charge >= 0.3 is 0 Å². The van der Waals surface area contributed by atoms with Crippen LogP contribution in [0.1, 0.15) is 55.3 Å². The van der Waals surface area contributed by atoms with E-state index in [1.54, 1.807) is 7.11 Å². The van der Waals surface area contributed by atoms with Gasteiger partial charge in [-0.25, -0.2) is 4.98 Å². The van der Waals surface area contributed by atoms with Crippen molar-refractivity contribution in [3.05, 3.63) is 53.0 Å². The summed E-state index contributed by atoms with van der Waals surface area (Å²) in [7, 11) is 1.65. The van der Waals surface area contributed by atoms with E-state index in [9.17, 15) is 0 Å². The third-order valence-corrected chi connectivity index (χ3v) is 3.61. The van der Waals surface area contributed by atoms with E-state index in [0.29, 0.717) is 17.7 Å². The first-order valence-corrected chi connectivity index (χ1v) is 7.48. The summed E-state index contributed by atoms with van der Waals surface area (Å²) in [5, 5.41) is 0. The quantitative estimate of drug-likeness (QED) is 0.822. The third-order valence-electron chi connectivity index (χ3n) is 3.61. The van der Waals surface area contributed by atoms with Gasteiger partial charge in [0.1, 0.15) is 0 Å². The van der Waals surface area contributed by atoms with Crippen molar-refractivity contribution in [1.29, 1.82) is 0 Å². The number of hydrogen-bond donors (Lipinski definition) is 0. The van der Waals surface area contributed by atoms with E-state index in [0.717, 1.165) is 23.5 Å². The van der Waals surface area contributed by atoms with Crippen molar-refractivity contribution >= 4 is 0 Å². The van der Waals surface area contributed by atoms with E-state index in [1.807, 2.05) is 18.2 Å². The Kier molecular flexibility index (Phi) is 4.94. The number of pyridine rings is 2. The van der Waals surface area contributed by atoms with E-state index >= 15 is 0 Å². The minimum atomic E-state index is 0.314. The second-order valence-electron chi connectivity index (χ2n) is 5.93. The molecule has 3 nitrogen and oxygen atoms in total. The molecule has 2 aromatic heterocycles. The Balaban J connectivity index is 2.20. The second kappa shape index (κ2) is 6.70. The molecule has 3 heteroatoms. The van der Waals surface area contributed by atoms with Gasteiger partial charge in [0.2, 0.25) is 5.88 Å². The molecule has 0 fully saturated rings. The van der Waals surface area contributed by atoms with E-state index in [-0.39, 0.29) is 0 Å². The summed E-state index contributed by atoms with van der Waals surface area (Å²) in [4.78, 5) is 9.30. The smallest absolute Gasteiger partial charge is 0.213 e. The van der Waals surface area contributed by atoms with Crippen molar-refractivity contribution in [1.82, 2.24) is 9.97 Å². The zero-order valence-electron chi connectivity index (χ0n) is 13.6. The van der Waals surface area contributed by atoms with Crippen LogP contribution in [0.15, 0.2) is 30.3 Å². The van der Waals surface area contributed by atoms with Crippen molar-refractivity contribution < 1.29 is 4.74 Å². The zero-order chi connectivity index (χ0) is 15.4. The first kappa shape index (κ1) is 15.5. The molecule has 1 unspecified atom stereocenters. The van der Waals surface area contributed by atoms with Crippen LogP contribution in [-0.4, -0.2) is 17.1 Å². The predicted octanol–water partition coefficient (Wildman–Crippen LogP) is 4.26. The lowest BCUT2D eigenvalue weighted by Crippen LogP contribution is -2.06. The molecule has 2 rings (SSSR count). The van der Waals surface area contributed by atoms with Gasteiger partial charge in [-0.3, -0.25) is 4.98 Å². The SMILES string of the molecule is COc1cccc(C(C)Cc2cc(C)cc(C(C)C)n2)n1. The summed E-state index contributed by atoms with van der Waals surface area (Å²) in [6.07, 6.45) is 0.890. The van der Waals surface area contributed by atoms with Gasteiger partial charge in [-0.05, 0) is 43.0 Å². The molecule has 0 spiro atoms. The fraction of sp³-hybridized carbons (Fsp3) is 0.444. The lowest BCUT2D eigenvalue weighted by molar-refractivity contribution is 0.395. The molecule has 112 valence electrons. The third kappa shape index (κ3) is 4.03. The number of rotatable bonds is 5. The van der Waals surface area contributed by atoms with E-state index < -0.39 is 0 Å². The predicted molar refractivity (Wildman–Crippen MR) is 86.0 cm³/mol. The van der Waals surface area contributed by atoms with Gasteiger partial charge in [0.05, 0.1) is 7.11 Å². The Morgan fingerprint density at radius 3 is 2.48 bits per heavy atom. The van der Waals surface area contributed by atoms with Crippen LogP contribution in [0.2, 0.25) is 0 Å². The maximum absolute atomic E-state index is 5.20. The summed E-state index contributed by atoms with van der Waals surface area (Å²) in [5.74, 6) is 1.43. The highest BCUT2D eigenvalue weighted by atomic mass is 16.5. The maximum Gasteiger partial charge on any atom is 0.213 e. The Morgan fingerprint density at radius 1 is 1.05 bits per heavy atom. The van der Waals surface area contributed by atoms with Crippen LogP contribution >= 0.6 is 0 Å². The average Bonchev–Trinajstić information content (AvgIpc) is 2.46. The highest BCUT2D eigenvalue weighted by Gasteiger charge is 2.12. The van der Waals surface area contributed by atoms with E-state index in [4.69, 9.17) is 9.72 Å². The second-order valence-corrected chi connectivity index (χ2v) is 5.93. The summed E-state index contributed by atoms with van der Waals surface area (Å²) < 4.78 is 5.20. The summed E-state index contributed by atoms with van der Waals surface area (Å²) >= 11 is 0. The van der Waals surface area contributed by atoms with Gasteiger partial charge in [-0.1, -0.05) is 26.8 Å². The zero-order valence-corrected chi connectivity index (χ0v) is 13.6. The van der Waals surface area contributed by atoms with Crippen molar-refractivity contribution in [2.24, 2.45) is 0 Å². The molecule has 0 N–H and O–H groups in total. The van der Waals surface area contributed by atoms with Crippen molar-refractivity contribution in [3.63, 3.8) is 0 Å². The topological polar surface area (TPSA) is 35.0 Å². The average molecular weight is 284 g/mol. The molecular weight excluding hydrogens is 260 g/mol. The lowest BCUT2D eigenvalue weighted by atomic mass is 9.98. The fourth-order valence-electron chi connectivity index (χ4n) is 2.41. The van der Waals surface area contributed by atoms with Crippen molar-refractivity contribution in [3.8, 4) is 5.88 Å². The van der Waals surface area contributed by atoms with Crippen LogP contribution in [0, 0.1) is 6.92 Å². The van der Waals surface area contributed by atoms with Crippen LogP contribution < -0.4 is 4.74 Å².